The summed E-state index contributed by atoms with van der Waals surface area (Å²) in [5.41, 5.74) is 1.35. The molecule has 1 aliphatic rings. The monoisotopic (exact) mass is 273 g/mol. The van der Waals surface area contributed by atoms with Gasteiger partial charge in [0.1, 0.15) is 5.75 Å². The number of aromatic hydroxyl groups is 1. The van der Waals surface area contributed by atoms with Crippen molar-refractivity contribution in [2.45, 2.75) is 0 Å². The average molecular weight is 274 g/mol. The molecule has 0 bridgehead atoms. The van der Waals surface area contributed by atoms with Crippen LogP contribution in [0.2, 0.25) is 5.02 Å². The fourth-order valence-electron chi connectivity index (χ4n) is 2.08. The van der Waals surface area contributed by atoms with Gasteiger partial charge in [-0.2, -0.15) is 0 Å². The van der Waals surface area contributed by atoms with E-state index in [0.717, 1.165) is 0 Å². The number of carbonyl (C=O) groups is 2. The first-order valence-corrected chi connectivity index (χ1v) is 5.94. The van der Waals surface area contributed by atoms with Crippen LogP contribution in [0, 0.1) is 0 Å². The molecule has 1 N–H and O–H groups in total. The summed E-state index contributed by atoms with van der Waals surface area (Å²) >= 11 is 5.83. The van der Waals surface area contributed by atoms with Gasteiger partial charge in [0.2, 0.25) is 0 Å². The molecule has 0 atom stereocenters. The van der Waals surface area contributed by atoms with Crippen molar-refractivity contribution in [1.29, 1.82) is 0 Å². The topological polar surface area (TPSA) is 57.6 Å². The Balaban J connectivity index is 2.18. The van der Waals surface area contributed by atoms with Crippen LogP contribution in [-0.4, -0.2) is 16.8 Å². The maximum atomic E-state index is 12.0. The molecule has 94 valence electrons. The predicted octanol–water partition coefficient (Wildman–Crippen LogP) is 2.91. The molecule has 0 fully saturated rings. The molecule has 1 amide bonds. The molecule has 0 radical (unpaired) electrons. The highest BCUT2D eigenvalue weighted by atomic mass is 35.5. The first-order valence-electron chi connectivity index (χ1n) is 5.56. The largest absolute Gasteiger partial charge is 0.506 e. The molecule has 1 heterocycles. The fraction of sp³-hybridized carbons (Fsp3) is 0. The normalized spacial score (nSPS) is 13.8. The molecule has 4 nitrogen and oxygen atoms in total. The molecule has 0 saturated heterocycles. The predicted molar refractivity (Wildman–Crippen MR) is 71.0 cm³/mol. The van der Waals surface area contributed by atoms with Crippen molar-refractivity contribution in [3.63, 3.8) is 0 Å². The number of carbonyl (C=O) groups excluding carboxylic acids is 2. The Morgan fingerprint density at radius 1 is 1.05 bits per heavy atom. The lowest BCUT2D eigenvalue weighted by atomic mass is 10.1. The maximum Gasteiger partial charge on any atom is 0.304 e. The lowest BCUT2D eigenvalue weighted by Gasteiger charge is -2.16. The van der Waals surface area contributed by atoms with Crippen LogP contribution in [0.4, 0.5) is 11.4 Å². The van der Waals surface area contributed by atoms with E-state index in [-0.39, 0.29) is 10.8 Å². The Labute approximate surface area is 113 Å². The smallest absolute Gasteiger partial charge is 0.304 e. The first kappa shape index (κ1) is 11.7. The van der Waals surface area contributed by atoms with Gasteiger partial charge in [-0.15, -0.1) is 0 Å². The van der Waals surface area contributed by atoms with E-state index in [0.29, 0.717) is 16.9 Å². The standard InChI is InChI=1S/C14H8ClNO3/c15-10-7-8(5-6-12(10)17)16-11-4-2-1-3-9(11)13(18)14(16)19/h1-7,17H. The van der Waals surface area contributed by atoms with E-state index < -0.39 is 11.7 Å². The molecule has 0 aliphatic carbocycles. The highest BCUT2D eigenvalue weighted by Gasteiger charge is 2.36. The molecule has 1 aliphatic heterocycles. The number of hydrogen-bond donors (Lipinski definition) is 1. The summed E-state index contributed by atoms with van der Waals surface area (Å²) in [6.07, 6.45) is 0. The summed E-state index contributed by atoms with van der Waals surface area (Å²) in [7, 11) is 0. The van der Waals surface area contributed by atoms with Crippen LogP contribution in [0.3, 0.4) is 0 Å². The van der Waals surface area contributed by atoms with E-state index in [1.807, 2.05) is 0 Å². The SMILES string of the molecule is O=C1C(=O)N(c2ccc(O)c(Cl)c2)c2ccccc21. The number of phenolic OH excluding ortho intramolecular Hbond substituents is 1. The van der Waals surface area contributed by atoms with Crippen molar-refractivity contribution < 1.29 is 14.7 Å². The lowest BCUT2D eigenvalue weighted by Crippen LogP contribution is -2.24. The molecule has 2 aromatic rings. The molecule has 0 saturated carbocycles. The second-order valence-electron chi connectivity index (χ2n) is 4.12. The van der Waals surface area contributed by atoms with Gasteiger partial charge in [-0.05, 0) is 30.3 Å². The zero-order chi connectivity index (χ0) is 13.6. The van der Waals surface area contributed by atoms with E-state index in [1.54, 1.807) is 24.3 Å². The number of para-hydroxylation sites is 1. The third kappa shape index (κ3) is 1.69. The van der Waals surface area contributed by atoms with E-state index in [2.05, 4.69) is 0 Å². The number of anilines is 2. The van der Waals surface area contributed by atoms with Gasteiger partial charge in [0.05, 0.1) is 22.0 Å². The zero-order valence-electron chi connectivity index (χ0n) is 9.63. The average Bonchev–Trinajstić information content (AvgIpc) is 2.66. The van der Waals surface area contributed by atoms with E-state index in [1.165, 1.54) is 23.1 Å². The van der Waals surface area contributed by atoms with Crippen LogP contribution in [0.15, 0.2) is 42.5 Å². The molecule has 19 heavy (non-hydrogen) atoms. The second-order valence-corrected chi connectivity index (χ2v) is 4.53. The lowest BCUT2D eigenvalue weighted by molar-refractivity contribution is -0.113. The van der Waals surface area contributed by atoms with Gasteiger partial charge in [-0.25, -0.2) is 0 Å². The van der Waals surface area contributed by atoms with Crippen LogP contribution in [0.5, 0.6) is 5.75 Å². The van der Waals surface area contributed by atoms with Crippen LogP contribution < -0.4 is 4.90 Å². The Morgan fingerprint density at radius 2 is 1.79 bits per heavy atom. The van der Waals surface area contributed by atoms with E-state index in [9.17, 15) is 14.7 Å². The number of amides is 1. The number of phenols is 1. The summed E-state index contributed by atoms with van der Waals surface area (Å²) < 4.78 is 0. The van der Waals surface area contributed by atoms with Crippen molar-refractivity contribution in [2.24, 2.45) is 0 Å². The van der Waals surface area contributed by atoms with Crippen molar-refractivity contribution in [2.75, 3.05) is 4.90 Å². The summed E-state index contributed by atoms with van der Waals surface area (Å²) in [6.45, 7) is 0. The highest BCUT2D eigenvalue weighted by Crippen LogP contribution is 2.37. The van der Waals surface area contributed by atoms with Gasteiger partial charge in [0.25, 0.3) is 5.78 Å². The fourth-order valence-corrected chi connectivity index (χ4v) is 2.25. The molecule has 2 aromatic carbocycles. The van der Waals surface area contributed by atoms with Gasteiger partial charge in [0, 0.05) is 0 Å². The van der Waals surface area contributed by atoms with Crippen LogP contribution >= 0.6 is 11.6 Å². The Hall–Kier alpha value is -2.33. The number of halogens is 1. The Morgan fingerprint density at radius 3 is 2.53 bits per heavy atom. The molecule has 0 spiro atoms. The molecular weight excluding hydrogens is 266 g/mol. The van der Waals surface area contributed by atoms with Gasteiger partial charge < -0.3 is 5.11 Å². The Bertz CT molecular complexity index is 712. The maximum absolute atomic E-state index is 12.0. The van der Waals surface area contributed by atoms with E-state index >= 15 is 0 Å². The van der Waals surface area contributed by atoms with Crippen molar-refractivity contribution in [1.82, 2.24) is 0 Å². The third-order valence-corrected chi connectivity index (χ3v) is 3.28. The Kier molecular flexibility index (Phi) is 2.54. The minimum atomic E-state index is -0.622. The quantitative estimate of drug-likeness (QED) is 0.813. The number of benzene rings is 2. The van der Waals surface area contributed by atoms with Crippen LogP contribution in [0.1, 0.15) is 10.4 Å². The number of ketones is 1. The minimum absolute atomic E-state index is 0.0725. The van der Waals surface area contributed by atoms with Crippen molar-refractivity contribution in [3.05, 3.63) is 53.1 Å². The minimum Gasteiger partial charge on any atom is -0.506 e. The highest BCUT2D eigenvalue weighted by molar-refractivity contribution is 6.53. The number of hydrogen-bond acceptors (Lipinski definition) is 3. The molecule has 0 aromatic heterocycles. The third-order valence-electron chi connectivity index (χ3n) is 2.98. The summed E-state index contributed by atoms with van der Waals surface area (Å²) in [4.78, 5) is 25.2. The molecule has 3 rings (SSSR count). The van der Waals surface area contributed by atoms with Gasteiger partial charge in [-0.3, -0.25) is 14.5 Å². The zero-order valence-corrected chi connectivity index (χ0v) is 10.4. The number of Topliss-reactive ketones (excluding diaryl/α,β-unsaturated/α-hetero) is 1. The van der Waals surface area contributed by atoms with Gasteiger partial charge in [0.15, 0.2) is 0 Å². The second kappa shape index (κ2) is 4.10. The van der Waals surface area contributed by atoms with Gasteiger partial charge in [-0.1, -0.05) is 23.7 Å². The number of rotatable bonds is 1. The first-order chi connectivity index (χ1) is 9.09. The molecule has 0 unspecified atom stereocenters. The summed E-state index contributed by atoms with van der Waals surface area (Å²) in [5, 5.41) is 9.52. The molecule has 5 heteroatoms. The number of nitrogens with zero attached hydrogens (tertiary/aromatic N) is 1. The van der Waals surface area contributed by atoms with Crippen LogP contribution in [-0.2, 0) is 4.79 Å². The van der Waals surface area contributed by atoms with Crippen LogP contribution in [0.25, 0.3) is 0 Å². The summed E-state index contributed by atoms with van der Waals surface area (Å²) in [5.74, 6) is -1.24. The van der Waals surface area contributed by atoms with Crippen molar-refractivity contribution >= 4 is 34.7 Å². The van der Waals surface area contributed by atoms with E-state index in [4.69, 9.17) is 11.6 Å². The molecular formula is C14H8ClNO3. The summed E-state index contributed by atoms with van der Waals surface area (Å²) in [6, 6.07) is 11.1. The van der Waals surface area contributed by atoms with Crippen molar-refractivity contribution in [3.8, 4) is 5.75 Å². The number of fused-ring (bicyclic) bond motifs is 1. The van der Waals surface area contributed by atoms with Gasteiger partial charge >= 0.3 is 5.91 Å².